The Morgan fingerprint density at radius 1 is 1.29 bits per heavy atom. The molecule has 0 aromatic carbocycles. The van der Waals surface area contributed by atoms with E-state index in [0.29, 0.717) is 37.0 Å². The number of carbonyl (C=O) groups is 1. The SMILES string of the molecule is CCn1c(=O)[nH]c(=O)c2c(C(=O)Nc3ccc(OCCOC)nc3)cc(C3CC3)nc21. The van der Waals surface area contributed by atoms with Crippen molar-refractivity contribution in [3.63, 3.8) is 0 Å². The standard InChI is InChI=1S/C21H23N5O5/c1-3-26-18-17(20(28)25-21(26)29)14(10-15(24-18)12-4-5-12)19(27)23-13-6-7-16(22-11-13)31-9-8-30-2/h6-7,10-12H,3-5,8-9H2,1-2H3,(H,23,27)(H,25,28,29). The Bertz CT molecular complexity index is 1230. The van der Waals surface area contributed by atoms with Gasteiger partial charge in [0, 0.05) is 31.3 Å². The number of hydrogen-bond donors (Lipinski definition) is 2. The summed E-state index contributed by atoms with van der Waals surface area (Å²) in [4.78, 5) is 48.9. The molecule has 1 saturated carbocycles. The first-order valence-electron chi connectivity index (χ1n) is 10.1. The molecule has 0 bridgehead atoms. The lowest BCUT2D eigenvalue weighted by molar-refractivity contribution is 0.102. The van der Waals surface area contributed by atoms with Crippen LogP contribution in [0.2, 0.25) is 0 Å². The third-order valence-electron chi connectivity index (χ3n) is 5.06. The third kappa shape index (κ3) is 4.33. The van der Waals surface area contributed by atoms with E-state index in [4.69, 9.17) is 9.47 Å². The van der Waals surface area contributed by atoms with Crippen LogP contribution in [0.3, 0.4) is 0 Å². The summed E-state index contributed by atoms with van der Waals surface area (Å²) in [5, 5.41) is 2.85. The zero-order valence-corrected chi connectivity index (χ0v) is 17.3. The molecule has 31 heavy (non-hydrogen) atoms. The van der Waals surface area contributed by atoms with E-state index in [1.54, 1.807) is 32.2 Å². The number of anilines is 1. The van der Waals surface area contributed by atoms with E-state index in [-0.39, 0.29) is 22.5 Å². The first kappa shape index (κ1) is 20.7. The summed E-state index contributed by atoms with van der Waals surface area (Å²) in [6.07, 6.45) is 3.40. The Balaban J connectivity index is 1.69. The molecule has 3 aromatic heterocycles. The lowest BCUT2D eigenvalue weighted by Gasteiger charge is -2.12. The number of nitrogens with zero attached hydrogens (tertiary/aromatic N) is 3. The molecule has 0 saturated heterocycles. The Morgan fingerprint density at radius 2 is 2.10 bits per heavy atom. The van der Waals surface area contributed by atoms with Gasteiger partial charge in [0.25, 0.3) is 11.5 Å². The number of H-pyrrole nitrogens is 1. The second-order valence-corrected chi connectivity index (χ2v) is 7.25. The number of nitrogens with one attached hydrogen (secondary N) is 2. The maximum atomic E-state index is 13.1. The van der Waals surface area contributed by atoms with E-state index in [1.807, 2.05) is 0 Å². The Morgan fingerprint density at radius 3 is 2.74 bits per heavy atom. The Kier molecular flexibility index (Phi) is 5.81. The van der Waals surface area contributed by atoms with E-state index in [2.05, 4.69) is 20.3 Å². The minimum atomic E-state index is -0.635. The molecule has 1 aliphatic rings. The fourth-order valence-electron chi connectivity index (χ4n) is 3.32. The van der Waals surface area contributed by atoms with Crippen LogP contribution in [0, 0.1) is 0 Å². The molecule has 0 radical (unpaired) electrons. The third-order valence-corrected chi connectivity index (χ3v) is 5.06. The van der Waals surface area contributed by atoms with E-state index in [9.17, 15) is 14.4 Å². The van der Waals surface area contributed by atoms with Crippen molar-refractivity contribution in [3.8, 4) is 5.88 Å². The van der Waals surface area contributed by atoms with Gasteiger partial charge in [-0.25, -0.2) is 14.8 Å². The fraction of sp³-hybridized carbons (Fsp3) is 0.381. The van der Waals surface area contributed by atoms with E-state index >= 15 is 0 Å². The van der Waals surface area contributed by atoms with Crippen LogP contribution >= 0.6 is 0 Å². The highest BCUT2D eigenvalue weighted by atomic mass is 16.5. The summed E-state index contributed by atoms with van der Waals surface area (Å²) in [6.45, 7) is 2.91. The highest BCUT2D eigenvalue weighted by Crippen LogP contribution is 2.40. The highest BCUT2D eigenvalue weighted by molar-refractivity contribution is 6.11. The quantitative estimate of drug-likeness (QED) is 0.525. The lowest BCUT2D eigenvalue weighted by Crippen LogP contribution is -2.32. The van der Waals surface area contributed by atoms with Crippen LogP contribution in [0.25, 0.3) is 11.0 Å². The summed E-state index contributed by atoms with van der Waals surface area (Å²) in [5.41, 5.74) is 0.388. The van der Waals surface area contributed by atoms with Gasteiger partial charge in [-0.15, -0.1) is 0 Å². The molecular formula is C21H23N5O5. The molecular weight excluding hydrogens is 402 g/mol. The minimum absolute atomic E-state index is 0.0934. The number of carbonyl (C=O) groups excluding carboxylic acids is 1. The van der Waals surface area contributed by atoms with Gasteiger partial charge in [0.1, 0.15) is 6.61 Å². The number of methoxy groups -OCH3 is 1. The van der Waals surface area contributed by atoms with Crippen LogP contribution in [-0.2, 0) is 11.3 Å². The van der Waals surface area contributed by atoms with Crippen molar-refractivity contribution in [1.29, 1.82) is 0 Å². The van der Waals surface area contributed by atoms with Crippen molar-refractivity contribution in [2.75, 3.05) is 25.6 Å². The van der Waals surface area contributed by atoms with Gasteiger partial charge in [0.05, 0.1) is 29.4 Å². The molecule has 162 valence electrons. The Labute approximate surface area is 177 Å². The molecule has 0 unspecified atom stereocenters. The summed E-state index contributed by atoms with van der Waals surface area (Å²) >= 11 is 0. The molecule has 3 heterocycles. The van der Waals surface area contributed by atoms with Crippen LogP contribution in [0.1, 0.15) is 41.7 Å². The van der Waals surface area contributed by atoms with Gasteiger partial charge in [0.2, 0.25) is 5.88 Å². The summed E-state index contributed by atoms with van der Waals surface area (Å²) in [5.74, 6) is 0.167. The molecule has 0 spiro atoms. The van der Waals surface area contributed by atoms with E-state index in [0.717, 1.165) is 12.8 Å². The molecule has 10 heteroatoms. The zero-order valence-electron chi connectivity index (χ0n) is 17.3. The Hall–Kier alpha value is -3.53. The van der Waals surface area contributed by atoms with E-state index < -0.39 is 17.2 Å². The maximum absolute atomic E-state index is 13.1. The second kappa shape index (κ2) is 8.68. The van der Waals surface area contributed by atoms with Crippen LogP contribution < -0.4 is 21.3 Å². The molecule has 1 amide bonds. The molecule has 0 atom stereocenters. The van der Waals surface area contributed by atoms with Crippen molar-refractivity contribution in [3.05, 3.63) is 56.5 Å². The van der Waals surface area contributed by atoms with Crippen molar-refractivity contribution in [1.82, 2.24) is 19.5 Å². The van der Waals surface area contributed by atoms with Crippen molar-refractivity contribution in [2.45, 2.75) is 32.2 Å². The molecule has 2 N–H and O–H groups in total. The number of ether oxygens (including phenoxy) is 2. The number of aromatic nitrogens is 4. The van der Waals surface area contributed by atoms with Crippen molar-refractivity contribution in [2.24, 2.45) is 0 Å². The lowest BCUT2D eigenvalue weighted by atomic mass is 10.1. The minimum Gasteiger partial charge on any atom is -0.475 e. The zero-order chi connectivity index (χ0) is 22.0. The summed E-state index contributed by atoms with van der Waals surface area (Å²) in [6, 6.07) is 4.93. The van der Waals surface area contributed by atoms with Gasteiger partial charge >= 0.3 is 5.69 Å². The summed E-state index contributed by atoms with van der Waals surface area (Å²) in [7, 11) is 1.58. The first-order valence-corrected chi connectivity index (χ1v) is 10.1. The number of pyridine rings is 2. The number of hydrogen-bond acceptors (Lipinski definition) is 7. The molecule has 10 nitrogen and oxygen atoms in total. The molecule has 0 aliphatic heterocycles. The predicted octanol–water partition coefficient (Wildman–Crippen LogP) is 1.65. The number of rotatable bonds is 8. The number of amides is 1. The van der Waals surface area contributed by atoms with Crippen LogP contribution in [0.4, 0.5) is 5.69 Å². The van der Waals surface area contributed by atoms with Gasteiger partial charge in [-0.2, -0.15) is 0 Å². The number of aromatic amines is 1. The van der Waals surface area contributed by atoms with Crippen molar-refractivity contribution >= 4 is 22.6 Å². The van der Waals surface area contributed by atoms with Crippen LogP contribution in [0.5, 0.6) is 5.88 Å². The maximum Gasteiger partial charge on any atom is 0.329 e. The van der Waals surface area contributed by atoms with Crippen LogP contribution in [0.15, 0.2) is 34.0 Å². The fourth-order valence-corrected chi connectivity index (χ4v) is 3.32. The monoisotopic (exact) mass is 425 g/mol. The molecule has 3 aromatic rings. The van der Waals surface area contributed by atoms with E-state index in [1.165, 1.54) is 10.8 Å². The van der Waals surface area contributed by atoms with Crippen molar-refractivity contribution < 1.29 is 14.3 Å². The molecule has 1 aliphatic carbocycles. The number of fused-ring (bicyclic) bond motifs is 1. The first-order chi connectivity index (χ1) is 15.0. The van der Waals surface area contributed by atoms with Gasteiger partial charge in [-0.1, -0.05) is 0 Å². The topological polar surface area (TPSA) is 128 Å². The smallest absolute Gasteiger partial charge is 0.329 e. The second-order valence-electron chi connectivity index (χ2n) is 7.25. The molecule has 4 rings (SSSR count). The average molecular weight is 425 g/mol. The van der Waals surface area contributed by atoms with Gasteiger partial charge in [-0.05, 0) is 31.9 Å². The van der Waals surface area contributed by atoms with Crippen LogP contribution in [-0.4, -0.2) is 45.7 Å². The normalized spacial score (nSPS) is 13.4. The van der Waals surface area contributed by atoms with Gasteiger partial charge < -0.3 is 14.8 Å². The number of aryl methyl sites for hydroxylation is 1. The predicted molar refractivity (Wildman–Crippen MR) is 114 cm³/mol. The van der Waals surface area contributed by atoms with Gasteiger partial charge in [0.15, 0.2) is 5.65 Å². The summed E-state index contributed by atoms with van der Waals surface area (Å²) < 4.78 is 11.7. The highest BCUT2D eigenvalue weighted by Gasteiger charge is 2.28. The molecule has 1 fully saturated rings. The average Bonchev–Trinajstić information content (AvgIpc) is 3.60. The van der Waals surface area contributed by atoms with Gasteiger partial charge in [-0.3, -0.25) is 19.1 Å². The largest absolute Gasteiger partial charge is 0.475 e.